The van der Waals surface area contributed by atoms with Gasteiger partial charge in [0.1, 0.15) is 0 Å². The van der Waals surface area contributed by atoms with E-state index in [1.54, 1.807) is 0 Å². The van der Waals surface area contributed by atoms with Crippen molar-refractivity contribution in [3.63, 3.8) is 0 Å². The third-order valence-electron chi connectivity index (χ3n) is 3.56. The van der Waals surface area contributed by atoms with Crippen molar-refractivity contribution in [3.05, 3.63) is 23.8 Å². The predicted molar refractivity (Wildman–Crippen MR) is 68.7 cm³/mol. The average Bonchev–Trinajstić information content (AvgIpc) is 3.16. The summed E-state index contributed by atoms with van der Waals surface area (Å²) in [5, 5.41) is 3.44. The molecular formula is C13H15NO2S. The number of ether oxygens (including phenoxy) is 1. The van der Waals surface area contributed by atoms with Crippen molar-refractivity contribution in [2.45, 2.75) is 17.7 Å². The first kappa shape index (κ1) is 11.0. The Kier molecular flexibility index (Phi) is 2.54. The van der Waals surface area contributed by atoms with Gasteiger partial charge in [-0.25, -0.2) is 4.79 Å². The minimum atomic E-state index is -0.262. The normalized spacial score (nSPS) is 20.1. The SMILES string of the molecule is COC(=O)c1cccc2c1NCC1(CC1)CS2. The number of benzene rings is 1. The summed E-state index contributed by atoms with van der Waals surface area (Å²) in [6, 6.07) is 5.81. The number of carbonyl (C=O) groups is 1. The van der Waals surface area contributed by atoms with E-state index in [4.69, 9.17) is 4.74 Å². The van der Waals surface area contributed by atoms with Crippen LogP contribution in [0.4, 0.5) is 5.69 Å². The molecule has 1 N–H and O–H groups in total. The fraction of sp³-hybridized carbons (Fsp3) is 0.462. The number of anilines is 1. The first-order valence-corrected chi connectivity index (χ1v) is 6.81. The number of para-hydroxylation sites is 1. The summed E-state index contributed by atoms with van der Waals surface area (Å²) in [6.45, 7) is 0.973. The molecule has 1 aromatic rings. The Bertz CT molecular complexity index is 468. The molecule has 1 heterocycles. The number of carbonyl (C=O) groups excluding carboxylic acids is 1. The highest BCUT2D eigenvalue weighted by atomic mass is 32.2. The Balaban J connectivity index is 1.97. The zero-order valence-electron chi connectivity index (χ0n) is 9.79. The van der Waals surface area contributed by atoms with Crippen molar-refractivity contribution >= 4 is 23.4 Å². The van der Waals surface area contributed by atoms with Gasteiger partial charge in [-0.05, 0) is 30.4 Å². The highest BCUT2D eigenvalue weighted by molar-refractivity contribution is 7.99. The van der Waals surface area contributed by atoms with Crippen LogP contribution in [0.3, 0.4) is 0 Å². The summed E-state index contributed by atoms with van der Waals surface area (Å²) in [7, 11) is 1.42. The molecule has 0 saturated heterocycles. The highest BCUT2D eigenvalue weighted by Gasteiger charge is 2.43. The molecule has 2 aliphatic rings. The molecule has 0 aromatic heterocycles. The maximum atomic E-state index is 11.7. The van der Waals surface area contributed by atoms with Gasteiger partial charge in [0.25, 0.3) is 0 Å². The van der Waals surface area contributed by atoms with Gasteiger partial charge in [0.2, 0.25) is 0 Å². The van der Waals surface area contributed by atoms with Crippen LogP contribution < -0.4 is 5.32 Å². The monoisotopic (exact) mass is 249 g/mol. The predicted octanol–water partition coefficient (Wildman–Crippen LogP) is 2.77. The third kappa shape index (κ3) is 1.90. The van der Waals surface area contributed by atoms with E-state index in [9.17, 15) is 4.79 Å². The van der Waals surface area contributed by atoms with E-state index >= 15 is 0 Å². The van der Waals surface area contributed by atoms with Crippen LogP contribution in [0.15, 0.2) is 23.1 Å². The first-order chi connectivity index (χ1) is 8.24. The lowest BCUT2D eigenvalue weighted by Gasteiger charge is -2.12. The van der Waals surface area contributed by atoms with Crippen molar-refractivity contribution < 1.29 is 9.53 Å². The summed E-state index contributed by atoms with van der Waals surface area (Å²) in [6.07, 6.45) is 2.60. The Hall–Kier alpha value is -1.16. The van der Waals surface area contributed by atoms with Crippen LogP contribution in [-0.2, 0) is 4.74 Å². The Morgan fingerprint density at radius 1 is 1.47 bits per heavy atom. The van der Waals surface area contributed by atoms with Gasteiger partial charge in [0.05, 0.1) is 18.4 Å². The minimum absolute atomic E-state index is 0.262. The standard InChI is InChI=1S/C13H15NO2S/c1-16-12(15)9-3-2-4-10-11(9)14-7-13(5-6-13)8-17-10/h2-4,14H,5-8H2,1H3. The molecule has 3 rings (SSSR count). The van der Waals surface area contributed by atoms with E-state index in [2.05, 4.69) is 11.4 Å². The summed E-state index contributed by atoms with van der Waals surface area (Å²) in [4.78, 5) is 12.9. The van der Waals surface area contributed by atoms with Gasteiger partial charge in [0.15, 0.2) is 0 Å². The second-order valence-electron chi connectivity index (χ2n) is 4.81. The van der Waals surface area contributed by atoms with E-state index in [1.165, 1.54) is 20.0 Å². The van der Waals surface area contributed by atoms with E-state index in [0.29, 0.717) is 11.0 Å². The smallest absolute Gasteiger partial charge is 0.340 e. The van der Waals surface area contributed by atoms with Crippen LogP contribution >= 0.6 is 11.8 Å². The second-order valence-corrected chi connectivity index (χ2v) is 5.83. The second kappa shape index (κ2) is 3.95. The molecule has 1 aliphatic heterocycles. The maximum Gasteiger partial charge on any atom is 0.340 e. The van der Waals surface area contributed by atoms with Gasteiger partial charge in [-0.15, -0.1) is 11.8 Å². The fourth-order valence-corrected chi connectivity index (χ4v) is 3.52. The topological polar surface area (TPSA) is 38.3 Å². The van der Waals surface area contributed by atoms with Crippen LogP contribution in [0.5, 0.6) is 0 Å². The zero-order chi connectivity index (χ0) is 11.9. The highest BCUT2D eigenvalue weighted by Crippen LogP contribution is 2.52. The molecule has 4 heteroatoms. The number of nitrogens with one attached hydrogen (secondary N) is 1. The number of hydrogen-bond donors (Lipinski definition) is 1. The summed E-state index contributed by atoms with van der Waals surface area (Å²) in [5.74, 6) is 0.888. The van der Waals surface area contributed by atoms with Crippen molar-refractivity contribution in [3.8, 4) is 0 Å². The van der Waals surface area contributed by atoms with Crippen molar-refractivity contribution in [1.82, 2.24) is 0 Å². The number of rotatable bonds is 1. The molecule has 1 fully saturated rings. The number of esters is 1. The Morgan fingerprint density at radius 3 is 3.00 bits per heavy atom. The third-order valence-corrected chi connectivity index (χ3v) is 4.97. The van der Waals surface area contributed by atoms with Gasteiger partial charge < -0.3 is 10.1 Å². The van der Waals surface area contributed by atoms with Gasteiger partial charge in [-0.1, -0.05) is 6.07 Å². The summed E-state index contributed by atoms with van der Waals surface area (Å²) < 4.78 is 4.82. The van der Waals surface area contributed by atoms with E-state index in [-0.39, 0.29) is 5.97 Å². The van der Waals surface area contributed by atoms with E-state index in [0.717, 1.165) is 22.9 Å². The fourth-order valence-electron chi connectivity index (χ4n) is 2.17. The van der Waals surface area contributed by atoms with Gasteiger partial charge in [0, 0.05) is 17.2 Å². The lowest BCUT2D eigenvalue weighted by Crippen LogP contribution is -2.17. The van der Waals surface area contributed by atoms with Crippen LogP contribution in [-0.4, -0.2) is 25.4 Å². The van der Waals surface area contributed by atoms with Gasteiger partial charge in [-0.3, -0.25) is 0 Å². The van der Waals surface area contributed by atoms with Crippen LogP contribution in [0.2, 0.25) is 0 Å². The number of hydrogen-bond acceptors (Lipinski definition) is 4. The molecule has 0 atom stereocenters. The molecule has 1 aromatic carbocycles. The van der Waals surface area contributed by atoms with Crippen LogP contribution in [0.25, 0.3) is 0 Å². The molecule has 1 spiro atoms. The van der Waals surface area contributed by atoms with Crippen molar-refractivity contribution in [2.75, 3.05) is 24.7 Å². The molecule has 90 valence electrons. The van der Waals surface area contributed by atoms with E-state index < -0.39 is 0 Å². The lowest BCUT2D eigenvalue weighted by molar-refractivity contribution is 0.0601. The molecule has 3 nitrogen and oxygen atoms in total. The Morgan fingerprint density at radius 2 is 2.29 bits per heavy atom. The van der Waals surface area contributed by atoms with Crippen LogP contribution in [0, 0.1) is 5.41 Å². The number of thioether (sulfide) groups is 1. The average molecular weight is 249 g/mol. The molecule has 0 unspecified atom stereocenters. The molecular weight excluding hydrogens is 234 g/mol. The first-order valence-electron chi connectivity index (χ1n) is 5.82. The number of methoxy groups -OCH3 is 1. The zero-order valence-corrected chi connectivity index (χ0v) is 10.6. The molecule has 17 heavy (non-hydrogen) atoms. The van der Waals surface area contributed by atoms with Gasteiger partial charge in [-0.2, -0.15) is 0 Å². The Labute approximate surface area is 105 Å². The molecule has 0 radical (unpaired) electrons. The summed E-state index contributed by atoms with van der Waals surface area (Å²) in [5.41, 5.74) is 2.07. The maximum absolute atomic E-state index is 11.7. The molecule has 0 bridgehead atoms. The quantitative estimate of drug-likeness (QED) is 0.777. The molecule has 1 aliphatic carbocycles. The van der Waals surface area contributed by atoms with Crippen molar-refractivity contribution in [1.29, 1.82) is 0 Å². The lowest BCUT2D eigenvalue weighted by atomic mass is 10.1. The largest absolute Gasteiger partial charge is 0.465 e. The van der Waals surface area contributed by atoms with Crippen molar-refractivity contribution in [2.24, 2.45) is 5.41 Å². The van der Waals surface area contributed by atoms with E-state index in [1.807, 2.05) is 23.9 Å². The minimum Gasteiger partial charge on any atom is -0.465 e. The summed E-state index contributed by atoms with van der Waals surface area (Å²) >= 11 is 1.85. The number of fused-ring (bicyclic) bond motifs is 1. The van der Waals surface area contributed by atoms with Gasteiger partial charge >= 0.3 is 5.97 Å². The molecule has 0 amide bonds. The molecule has 1 saturated carbocycles. The van der Waals surface area contributed by atoms with Crippen LogP contribution in [0.1, 0.15) is 23.2 Å².